The Bertz CT molecular complexity index is 827. The Morgan fingerprint density at radius 2 is 1.83 bits per heavy atom. The number of hydrogen-bond acceptors (Lipinski definition) is 4. The smallest absolute Gasteiger partial charge is 0.354 e. The Kier molecular flexibility index (Phi) is 5.62. The van der Waals surface area contributed by atoms with Gasteiger partial charge >= 0.3 is 5.97 Å². The summed E-state index contributed by atoms with van der Waals surface area (Å²) in [6, 6.07) is 12.3. The lowest BCUT2D eigenvalue weighted by Gasteiger charge is -2.08. The third-order valence-corrected chi connectivity index (χ3v) is 4.00. The zero-order valence-electron chi connectivity index (χ0n) is 13.6. The van der Waals surface area contributed by atoms with Crippen LogP contribution in [0.2, 0.25) is 5.02 Å². The van der Waals surface area contributed by atoms with E-state index in [0.29, 0.717) is 22.1 Å². The van der Waals surface area contributed by atoms with Crippen molar-refractivity contribution >= 4 is 23.6 Å². The molecule has 2 rings (SSSR count). The van der Waals surface area contributed by atoms with E-state index in [1.807, 2.05) is 19.9 Å². The van der Waals surface area contributed by atoms with Gasteiger partial charge in [-0.05, 0) is 49.2 Å². The molecule has 122 valence electrons. The maximum absolute atomic E-state index is 12.3. The molecule has 24 heavy (non-hydrogen) atoms. The van der Waals surface area contributed by atoms with Crippen molar-refractivity contribution in [2.75, 3.05) is 7.11 Å². The average Bonchev–Trinajstić information content (AvgIpc) is 2.57. The van der Waals surface area contributed by atoms with Gasteiger partial charge < -0.3 is 9.47 Å². The Balaban J connectivity index is 2.30. The number of esters is 1. The summed E-state index contributed by atoms with van der Waals surface area (Å²) in [4.78, 5) is 12.3. The number of carbonyl (C=O) groups is 1. The van der Waals surface area contributed by atoms with E-state index in [-0.39, 0.29) is 5.57 Å². The molecule has 0 amide bonds. The van der Waals surface area contributed by atoms with E-state index in [2.05, 4.69) is 0 Å². The van der Waals surface area contributed by atoms with Crippen LogP contribution in [0, 0.1) is 25.2 Å². The van der Waals surface area contributed by atoms with E-state index < -0.39 is 5.97 Å². The highest BCUT2D eigenvalue weighted by molar-refractivity contribution is 6.32. The van der Waals surface area contributed by atoms with Gasteiger partial charge in [0.25, 0.3) is 0 Å². The van der Waals surface area contributed by atoms with Crippen molar-refractivity contribution in [1.29, 1.82) is 5.26 Å². The average molecular weight is 342 g/mol. The highest BCUT2D eigenvalue weighted by atomic mass is 35.5. The van der Waals surface area contributed by atoms with Crippen molar-refractivity contribution in [1.82, 2.24) is 0 Å². The fraction of sp³-hybridized carbons (Fsp3) is 0.158. The van der Waals surface area contributed by atoms with Crippen LogP contribution in [0.1, 0.15) is 16.7 Å². The van der Waals surface area contributed by atoms with Gasteiger partial charge in [0, 0.05) is 10.6 Å². The number of aryl methyl sites for hydroxylation is 2. The molecule has 5 heteroatoms. The van der Waals surface area contributed by atoms with Crippen LogP contribution in [-0.2, 0) is 4.79 Å². The molecule has 0 atom stereocenters. The number of methoxy groups -OCH3 is 1. The second-order valence-corrected chi connectivity index (χ2v) is 5.55. The third kappa shape index (κ3) is 3.95. The molecule has 0 aromatic heterocycles. The molecule has 0 N–H and O–H groups in total. The Labute approximate surface area is 145 Å². The summed E-state index contributed by atoms with van der Waals surface area (Å²) in [5.74, 6) is 0.182. The predicted molar refractivity (Wildman–Crippen MR) is 93.1 cm³/mol. The largest absolute Gasteiger partial charge is 0.496 e. The van der Waals surface area contributed by atoms with Crippen molar-refractivity contribution in [3.63, 3.8) is 0 Å². The number of carbonyl (C=O) groups excluding carboxylic acids is 1. The normalized spacial score (nSPS) is 10.9. The van der Waals surface area contributed by atoms with Gasteiger partial charge in [-0.15, -0.1) is 0 Å². The minimum absolute atomic E-state index is 0.121. The summed E-state index contributed by atoms with van der Waals surface area (Å²) in [6.45, 7) is 3.64. The summed E-state index contributed by atoms with van der Waals surface area (Å²) >= 11 is 6.10. The second kappa shape index (κ2) is 7.67. The first-order chi connectivity index (χ1) is 11.5. The first kappa shape index (κ1) is 17.6. The van der Waals surface area contributed by atoms with Gasteiger partial charge in [-0.2, -0.15) is 5.26 Å². The van der Waals surface area contributed by atoms with E-state index >= 15 is 0 Å². The molecule has 2 aromatic carbocycles. The molecule has 0 radical (unpaired) electrons. The Morgan fingerprint density at radius 1 is 1.21 bits per heavy atom. The molecule has 0 aliphatic rings. The van der Waals surface area contributed by atoms with Crippen LogP contribution in [0.15, 0.2) is 42.0 Å². The lowest BCUT2D eigenvalue weighted by molar-refractivity contribution is -0.129. The number of nitrogens with zero attached hydrogens (tertiary/aromatic N) is 1. The maximum Gasteiger partial charge on any atom is 0.354 e. The minimum Gasteiger partial charge on any atom is -0.496 e. The van der Waals surface area contributed by atoms with Gasteiger partial charge in [0.1, 0.15) is 23.1 Å². The predicted octanol–water partition coefficient (Wildman–Crippen LogP) is 4.48. The Morgan fingerprint density at radius 3 is 2.42 bits per heavy atom. The lowest BCUT2D eigenvalue weighted by Crippen LogP contribution is -2.10. The summed E-state index contributed by atoms with van der Waals surface area (Å²) in [5.41, 5.74) is 2.10. The number of para-hydroxylation sites is 1. The molecular formula is C19H16ClNO3. The molecule has 0 aliphatic heterocycles. The molecule has 0 spiro atoms. The van der Waals surface area contributed by atoms with Crippen molar-refractivity contribution in [3.8, 4) is 17.6 Å². The van der Waals surface area contributed by atoms with Crippen LogP contribution < -0.4 is 9.47 Å². The van der Waals surface area contributed by atoms with Crippen LogP contribution in [0.25, 0.3) is 6.08 Å². The van der Waals surface area contributed by atoms with E-state index in [1.54, 1.807) is 36.4 Å². The first-order valence-corrected chi connectivity index (χ1v) is 7.57. The van der Waals surface area contributed by atoms with Gasteiger partial charge in [0.15, 0.2) is 0 Å². The van der Waals surface area contributed by atoms with Crippen LogP contribution in [0.3, 0.4) is 0 Å². The zero-order chi connectivity index (χ0) is 17.7. The van der Waals surface area contributed by atoms with E-state index in [9.17, 15) is 10.1 Å². The summed E-state index contributed by atoms with van der Waals surface area (Å²) in [5, 5.41) is 9.90. The summed E-state index contributed by atoms with van der Waals surface area (Å²) < 4.78 is 10.5. The van der Waals surface area contributed by atoms with Gasteiger partial charge in [0.2, 0.25) is 0 Å². The number of rotatable bonds is 4. The second-order valence-electron chi connectivity index (χ2n) is 5.17. The zero-order valence-corrected chi connectivity index (χ0v) is 14.3. The number of hydrogen-bond donors (Lipinski definition) is 0. The van der Waals surface area contributed by atoms with Crippen molar-refractivity contribution in [2.24, 2.45) is 0 Å². The van der Waals surface area contributed by atoms with Gasteiger partial charge in [-0.25, -0.2) is 4.79 Å². The van der Waals surface area contributed by atoms with Crippen molar-refractivity contribution < 1.29 is 14.3 Å². The molecule has 0 fully saturated rings. The van der Waals surface area contributed by atoms with Crippen LogP contribution in [0.4, 0.5) is 0 Å². The number of halogens is 1. The highest BCUT2D eigenvalue weighted by Gasteiger charge is 2.14. The quantitative estimate of drug-likeness (QED) is 0.356. The van der Waals surface area contributed by atoms with E-state index in [1.165, 1.54) is 13.2 Å². The third-order valence-electron chi connectivity index (χ3n) is 3.40. The topological polar surface area (TPSA) is 59.3 Å². The highest BCUT2D eigenvalue weighted by Crippen LogP contribution is 2.27. The van der Waals surface area contributed by atoms with Crippen LogP contribution >= 0.6 is 11.6 Å². The number of benzene rings is 2. The maximum atomic E-state index is 12.3. The molecule has 2 aromatic rings. The molecular weight excluding hydrogens is 326 g/mol. The van der Waals surface area contributed by atoms with Gasteiger partial charge in [-0.3, -0.25) is 0 Å². The Hall–Kier alpha value is -2.77. The fourth-order valence-electron chi connectivity index (χ4n) is 2.21. The van der Waals surface area contributed by atoms with E-state index in [0.717, 1.165) is 11.1 Å². The van der Waals surface area contributed by atoms with Crippen molar-refractivity contribution in [3.05, 3.63) is 63.7 Å². The SMILES string of the molecule is COc1ccccc1/C=C(\C#N)C(=O)Oc1cc(C)c(Cl)c(C)c1. The van der Waals surface area contributed by atoms with Crippen molar-refractivity contribution in [2.45, 2.75) is 13.8 Å². The molecule has 0 heterocycles. The molecule has 4 nitrogen and oxygen atoms in total. The molecule has 0 saturated carbocycles. The molecule has 0 unspecified atom stereocenters. The standard InChI is InChI=1S/C19H16ClNO3/c1-12-8-16(9-13(2)18(12)20)24-19(22)15(11-21)10-14-6-4-5-7-17(14)23-3/h4-10H,1-3H3/b15-10+. The van der Waals surface area contributed by atoms with Crippen LogP contribution in [-0.4, -0.2) is 13.1 Å². The minimum atomic E-state index is -0.732. The van der Waals surface area contributed by atoms with Crippen LogP contribution in [0.5, 0.6) is 11.5 Å². The van der Waals surface area contributed by atoms with Gasteiger partial charge in [0.05, 0.1) is 7.11 Å². The van der Waals surface area contributed by atoms with E-state index in [4.69, 9.17) is 21.1 Å². The molecule has 0 aliphatic carbocycles. The first-order valence-electron chi connectivity index (χ1n) is 7.20. The van der Waals surface area contributed by atoms with Gasteiger partial charge in [-0.1, -0.05) is 29.8 Å². The molecule has 0 saturated heterocycles. The summed E-state index contributed by atoms with van der Waals surface area (Å²) in [6.07, 6.45) is 1.44. The lowest BCUT2D eigenvalue weighted by atomic mass is 10.1. The fourth-order valence-corrected chi connectivity index (χ4v) is 2.31. The monoisotopic (exact) mass is 341 g/mol. The number of nitriles is 1. The summed E-state index contributed by atoms with van der Waals surface area (Å²) in [7, 11) is 1.52. The number of ether oxygens (including phenoxy) is 2. The molecule has 0 bridgehead atoms.